The molecule has 0 spiro atoms. The van der Waals surface area contributed by atoms with E-state index in [-0.39, 0.29) is 5.91 Å². The van der Waals surface area contributed by atoms with Crippen molar-refractivity contribution in [2.45, 2.75) is 50.4 Å². The zero-order chi connectivity index (χ0) is 18.4. The van der Waals surface area contributed by atoms with Crippen LogP contribution in [0.25, 0.3) is 11.4 Å². The van der Waals surface area contributed by atoms with Crippen molar-refractivity contribution in [3.05, 3.63) is 43.0 Å². The number of nitrogens with one attached hydrogen (secondary N) is 1. The lowest BCUT2D eigenvalue weighted by Crippen LogP contribution is -2.41. The molecule has 0 radical (unpaired) electrons. The number of benzene rings is 1. The Hall–Kier alpha value is -2.08. The molecule has 3 rings (SSSR count). The van der Waals surface area contributed by atoms with Gasteiger partial charge in [0, 0.05) is 18.2 Å². The summed E-state index contributed by atoms with van der Waals surface area (Å²) in [4.78, 5) is 12.4. The van der Waals surface area contributed by atoms with Gasteiger partial charge < -0.3 is 5.32 Å². The van der Waals surface area contributed by atoms with Gasteiger partial charge in [-0.3, -0.25) is 9.36 Å². The quantitative estimate of drug-likeness (QED) is 0.593. The number of nitrogens with zero attached hydrogens (tertiary/aromatic N) is 3. The summed E-state index contributed by atoms with van der Waals surface area (Å²) >= 11 is 1.43. The third-order valence-corrected chi connectivity index (χ3v) is 5.82. The minimum Gasteiger partial charge on any atom is -0.352 e. The summed E-state index contributed by atoms with van der Waals surface area (Å²) in [6, 6.07) is 10.3. The highest BCUT2D eigenvalue weighted by molar-refractivity contribution is 7.99. The van der Waals surface area contributed by atoms with Crippen LogP contribution in [0.5, 0.6) is 0 Å². The Morgan fingerprint density at radius 3 is 2.81 bits per heavy atom. The SMILES string of the molecule is C=CCn1c(SCC(=O)N[C@H]2CCCC[C@H]2C)nnc1-c1ccccc1. The summed E-state index contributed by atoms with van der Waals surface area (Å²) in [5, 5.41) is 12.6. The molecule has 0 aliphatic heterocycles. The monoisotopic (exact) mass is 370 g/mol. The van der Waals surface area contributed by atoms with Crippen molar-refractivity contribution in [1.82, 2.24) is 20.1 Å². The second-order valence-electron chi connectivity index (χ2n) is 6.80. The lowest BCUT2D eigenvalue weighted by molar-refractivity contribution is -0.119. The Morgan fingerprint density at radius 1 is 1.31 bits per heavy atom. The van der Waals surface area contributed by atoms with Crippen molar-refractivity contribution in [3.8, 4) is 11.4 Å². The minimum absolute atomic E-state index is 0.0724. The van der Waals surface area contributed by atoms with Gasteiger partial charge >= 0.3 is 0 Å². The molecule has 0 bridgehead atoms. The van der Waals surface area contributed by atoms with Crippen molar-refractivity contribution in [3.63, 3.8) is 0 Å². The summed E-state index contributed by atoms with van der Waals surface area (Å²) in [6.45, 7) is 6.67. The van der Waals surface area contributed by atoms with E-state index in [0.29, 0.717) is 24.3 Å². The Kier molecular flexibility index (Phi) is 6.50. The molecule has 1 fully saturated rings. The molecule has 6 heteroatoms. The van der Waals surface area contributed by atoms with Gasteiger partial charge in [-0.2, -0.15) is 0 Å². The van der Waals surface area contributed by atoms with E-state index in [1.165, 1.54) is 31.0 Å². The van der Waals surface area contributed by atoms with Gasteiger partial charge in [-0.25, -0.2) is 0 Å². The van der Waals surface area contributed by atoms with Gasteiger partial charge in [-0.1, -0.05) is 67.9 Å². The lowest BCUT2D eigenvalue weighted by atomic mass is 9.86. The van der Waals surface area contributed by atoms with Gasteiger partial charge in [0.1, 0.15) is 0 Å². The first-order chi connectivity index (χ1) is 12.7. The first kappa shape index (κ1) is 18.7. The normalized spacial score (nSPS) is 19.9. The van der Waals surface area contributed by atoms with Gasteiger partial charge in [0.25, 0.3) is 0 Å². The average molecular weight is 371 g/mol. The van der Waals surface area contributed by atoms with E-state index in [2.05, 4.69) is 29.0 Å². The fourth-order valence-electron chi connectivity index (χ4n) is 3.40. The van der Waals surface area contributed by atoms with E-state index in [4.69, 9.17) is 0 Å². The molecule has 2 aromatic rings. The molecule has 138 valence electrons. The smallest absolute Gasteiger partial charge is 0.230 e. The minimum atomic E-state index is 0.0724. The molecule has 5 nitrogen and oxygen atoms in total. The molecule has 1 N–H and O–H groups in total. The third-order valence-electron chi connectivity index (χ3n) is 4.85. The van der Waals surface area contributed by atoms with Crippen LogP contribution in [0.4, 0.5) is 0 Å². The second kappa shape index (κ2) is 9.03. The molecule has 1 aliphatic rings. The Bertz CT molecular complexity index is 744. The van der Waals surface area contributed by atoms with E-state index < -0.39 is 0 Å². The van der Waals surface area contributed by atoms with Crippen LogP contribution < -0.4 is 5.32 Å². The Labute approximate surface area is 159 Å². The maximum Gasteiger partial charge on any atom is 0.230 e. The highest BCUT2D eigenvalue weighted by Gasteiger charge is 2.23. The highest BCUT2D eigenvalue weighted by Crippen LogP contribution is 2.25. The lowest BCUT2D eigenvalue weighted by Gasteiger charge is -2.29. The van der Waals surface area contributed by atoms with Gasteiger partial charge in [0.2, 0.25) is 5.91 Å². The second-order valence-corrected chi connectivity index (χ2v) is 7.74. The summed E-state index contributed by atoms with van der Waals surface area (Å²) in [5.74, 6) is 1.79. The number of amides is 1. The molecule has 1 aliphatic carbocycles. The van der Waals surface area contributed by atoms with Crippen LogP contribution in [-0.4, -0.2) is 32.5 Å². The number of hydrogen-bond acceptors (Lipinski definition) is 4. The van der Waals surface area contributed by atoms with Crippen LogP contribution in [0, 0.1) is 5.92 Å². The maximum absolute atomic E-state index is 12.4. The van der Waals surface area contributed by atoms with Crippen molar-refractivity contribution in [1.29, 1.82) is 0 Å². The topological polar surface area (TPSA) is 59.8 Å². The molecule has 26 heavy (non-hydrogen) atoms. The van der Waals surface area contributed by atoms with Gasteiger partial charge in [0.15, 0.2) is 11.0 Å². The molecule has 0 saturated heterocycles. The number of carbonyl (C=O) groups excluding carboxylic acids is 1. The molecule has 2 atom stereocenters. The fraction of sp³-hybridized carbons (Fsp3) is 0.450. The average Bonchev–Trinajstić information content (AvgIpc) is 3.06. The maximum atomic E-state index is 12.4. The van der Waals surface area contributed by atoms with E-state index in [1.54, 1.807) is 0 Å². The van der Waals surface area contributed by atoms with Crippen LogP contribution in [0.15, 0.2) is 48.1 Å². The van der Waals surface area contributed by atoms with Gasteiger partial charge in [-0.05, 0) is 18.8 Å². The Balaban J connectivity index is 1.65. The van der Waals surface area contributed by atoms with Crippen molar-refractivity contribution < 1.29 is 4.79 Å². The molecule has 1 heterocycles. The van der Waals surface area contributed by atoms with Crippen LogP contribution in [0.1, 0.15) is 32.6 Å². The third kappa shape index (κ3) is 4.55. The summed E-state index contributed by atoms with van der Waals surface area (Å²) < 4.78 is 2.00. The first-order valence-electron chi connectivity index (χ1n) is 9.20. The standard InChI is InChI=1S/C20H26N4OS/c1-3-13-24-19(16-10-5-4-6-11-16)22-23-20(24)26-14-18(25)21-17-12-8-7-9-15(17)2/h3-6,10-11,15,17H,1,7-9,12-14H2,2H3,(H,21,25)/t15-,17+/m1/s1. The van der Waals surface area contributed by atoms with Gasteiger partial charge in [-0.15, -0.1) is 16.8 Å². The largest absolute Gasteiger partial charge is 0.352 e. The predicted octanol–water partition coefficient (Wildman–Crippen LogP) is 3.92. The summed E-state index contributed by atoms with van der Waals surface area (Å²) in [7, 11) is 0. The van der Waals surface area contributed by atoms with Crippen molar-refractivity contribution in [2.24, 2.45) is 5.92 Å². The number of rotatable bonds is 7. The molecule has 1 amide bonds. The van der Waals surface area contributed by atoms with Crippen molar-refractivity contribution in [2.75, 3.05) is 5.75 Å². The van der Waals surface area contributed by atoms with E-state index in [9.17, 15) is 4.79 Å². The highest BCUT2D eigenvalue weighted by atomic mass is 32.2. The zero-order valence-corrected chi connectivity index (χ0v) is 16.0. The fourth-order valence-corrected chi connectivity index (χ4v) is 4.16. The van der Waals surface area contributed by atoms with E-state index in [0.717, 1.165) is 23.0 Å². The van der Waals surface area contributed by atoms with Crippen LogP contribution in [-0.2, 0) is 11.3 Å². The van der Waals surface area contributed by atoms with Gasteiger partial charge in [0.05, 0.1) is 5.75 Å². The molecular weight excluding hydrogens is 344 g/mol. The van der Waals surface area contributed by atoms with Crippen LogP contribution in [0.2, 0.25) is 0 Å². The molecule has 0 unspecified atom stereocenters. The zero-order valence-electron chi connectivity index (χ0n) is 15.2. The Morgan fingerprint density at radius 2 is 2.08 bits per heavy atom. The number of allylic oxidation sites excluding steroid dienone is 1. The molecule has 1 aromatic carbocycles. The van der Waals surface area contributed by atoms with E-state index in [1.807, 2.05) is 41.0 Å². The summed E-state index contributed by atoms with van der Waals surface area (Å²) in [6.07, 6.45) is 6.59. The van der Waals surface area contributed by atoms with Crippen LogP contribution >= 0.6 is 11.8 Å². The number of carbonyl (C=O) groups is 1. The van der Waals surface area contributed by atoms with E-state index >= 15 is 0 Å². The number of thioether (sulfide) groups is 1. The molecule has 1 saturated carbocycles. The summed E-state index contributed by atoms with van der Waals surface area (Å²) in [5.41, 5.74) is 1.01. The van der Waals surface area contributed by atoms with Crippen LogP contribution in [0.3, 0.4) is 0 Å². The number of hydrogen-bond donors (Lipinski definition) is 1. The predicted molar refractivity (Wildman–Crippen MR) is 106 cm³/mol. The first-order valence-corrected chi connectivity index (χ1v) is 10.2. The molecule has 1 aromatic heterocycles. The molecular formula is C20H26N4OS. The number of aromatic nitrogens is 3. The van der Waals surface area contributed by atoms with Crippen molar-refractivity contribution >= 4 is 17.7 Å².